The van der Waals surface area contributed by atoms with Crippen LogP contribution in [0.15, 0.2) is 24.3 Å². The lowest BCUT2D eigenvalue weighted by Crippen LogP contribution is -2.37. The van der Waals surface area contributed by atoms with E-state index in [0.717, 1.165) is 31.4 Å². The summed E-state index contributed by atoms with van der Waals surface area (Å²) in [6.07, 6.45) is -1.73. The van der Waals surface area contributed by atoms with Gasteiger partial charge in [-0.1, -0.05) is 25.3 Å². The van der Waals surface area contributed by atoms with Crippen LogP contribution in [0.3, 0.4) is 0 Å². The molecule has 0 heterocycles. The summed E-state index contributed by atoms with van der Waals surface area (Å²) in [4.78, 5) is 10.6. The van der Waals surface area contributed by atoms with Gasteiger partial charge in [0.1, 0.15) is 18.0 Å². The zero-order valence-corrected chi connectivity index (χ0v) is 19.4. The third kappa shape index (κ3) is 9.35. The molecule has 0 aromatic heterocycles. The number of carboxylic acid groups (broad SMARTS) is 1. The summed E-state index contributed by atoms with van der Waals surface area (Å²) in [5.74, 6) is -0.781. The molecule has 2 rings (SSSR count). The van der Waals surface area contributed by atoms with Crippen LogP contribution in [-0.4, -0.2) is 61.8 Å². The minimum atomic E-state index is -4.48. The summed E-state index contributed by atoms with van der Waals surface area (Å²) in [5.41, 5.74) is -2.18. The van der Waals surface area contributed by atoms with Gasteiger partial charge in [-0.05, 0) is 43.9 Å². The molecule has 1 aromatic rings. The highest BCUT2D eigenvalue weighted by atomic mass is 32.2. The summed E-state index contributed by atoms with van der Waals surface area (Å²) < 4.78 is 43.9. The normalized spacial score (nSPS) is 25.1. The first kappa shape index (κ1) is 27.8. The number of aliphatic hydroxyl groups is 3. The summed E-state index contributed by atoms with van der Waals surface area (Å²) in [6, 6.07) is 4.46. The van der Waals surface area contributed by atoms with Gasteiger partial charge < -0.3 is 25.2 Å². The molecule has 1 aliphatic rings. The number of benzene rings is 1. The van der Waals surface area contributed by atoms with Crippen LogP contribution in [0.4, 0.5) is 13.2 Å². The second-order valence-electron chi connectivity index (χ2n) is 8.97. The topological polar surface area (TPSA) is 107 Å². The van der Waals surface area contributed by atoms with Crippen LogP contribution in [0, 0.1) is 5.92 Å². The zero-order chi connectivity index (χ0) is 24.6. The van der Waals surface area contributed by atoms with Crippen molar-refractivity contribution in [2.24, 2.45) is 5.92 Å². The van der Waals surface area contributed by atoms with Crippen LogP contribution in [0.5, 0.6) is 5.75 Å². The van der Waals surface area contributed by atoms with E-state index in [1.54, 1.807) is 0 Å². The van der Waals surface area contributed by atoms with Crippen molar-refractivity contribution in [3.63, 3.8) is 0 Å². The summed E-state index contributed by atoms with van der Waals surface area (Å²) in [7, 11) is 0. The van der Waals surface area contributed by atoms with Crippen molar-refractivity contribution in [1.82, 2.24) is 0 Å². The largest absolute Gasteiger partial charge is 0.491 e. The van der Waals surface area contributed by atoms with Crippen molar-refractivity contribution in [2.45, 2.75) is 81.1 Å². The van der Waals surface area contributed by atoms with Gasteiger partial charge in [0.2, 0.25) is 0 Å². The molecule has 1 saturated carbocycles. The molecule has 6 nitrogen and oxygen atoms in total. The number of halogens is 3. The number of hydrogen-bond donors (Lipinski definition) is 4. The van der Waals surface area contributed by atoms with Crippen LogP contribution in [0.25, 0.3) is 0 Å². The van der Waals surface area contributed by atoms with E-state index in [-0.39, 0.29) is 42.1 Å². The number of carbonyl (C=O) groups is 1. The smallest absolute Gasteiger partial charge is 0.416 e. The second-order valence-corrected chi connectivity index (χ2v) is 10.1. The fraction of sp³-hybridized carbons (Fsp3) is 0.696. The maximum absolute atomic E-state index is 12.8. The Hall–Kier alpha value is -1.49. The lowest BCUT2D eigenvalue weighted by Gasteiger charge is -2.28. The lowest BCUT2D eigenvalue weighted by molar-refractivity contribution is -0.138. The van der Waals surface area contributed by atoms with Gasteiger partial charge in [-0.25, -0.2) is 0 Å². The van der Waals surface area contributed by atoms with E-state index in [4.69, 9.17) is 9.84 Å². The van der Waals surface area contributed by atoms with Gasteiger partial charge in [0, 0.05) is 23.8 Å². The fourth-order valence-corrected chi connectivity index (χ4v) is 5.51. The van der Waals surface area contributed by atoms with Crippen molar-refractivity contribution in [3.05, 3.63) is 29.8 Å². The molecule has 0 bridgehead atoms. The van der Waals surface area contributed by atoms with Crippen molar-refractivity contribution >= 4 is 17.7 Å². The Labute approximate surface area is 196 Å². The zero-order valence-electron chi connectivity index (χ0n) is 18.6. The number of hydrogen-bond acceptors (Lipinski definition) is 6. The molecule has 0 spiro atoms. The number of alkyl halides is 3. The van der Waals surface area contributed by atoms with Crippen molar-refractivity contribution in [1.29, 1.82) is 0 Å². The van der Waals surface area contributed by atoms with E-state index in [0.29, 0.717) is 12.8 Å². The van der Waals surface area contributed by atoms with E-state index in [2.05, 4.69) is 0 Å². The SMILES string of the molecule is CC(O)(COc1cccc(C(F)(F)F)c1)CS[C@H]1C(O)CC(O)[C@@H]1CCCCCCC(=O)O. The van der Waals surface area contributed by atoms with Crippen LogP contribution in [0.2, 0.25) is 0 Å². The average molecular weight is 495 g/mol. The van der Waals surface area contributed by atoms with E-state index in [1.807, 2.05) is 0 Å². The minimum absolute atomic E-state index is 0.00666. The van der Waals surface area contributed by atoms with Crippen LogP contribution < -0.4 is 4.74 Å². The highest BCUT2D eigenvalue weighted by molar-refractivity contribution is 8.00. The third-order valence-electron chi connectivity index (χ3n) is 5.75. The van der Waals surface area contributed by atoms with Gasteiger partial charge in [0.15, 0.2) is 0 Å². The first-order valence-electron chi connectivity index (χ1n) is 11.1. The predicted octanol–water partition coefficient (Wildman–Crippen LogP) is 4.10. The Morgan fingerprint density at radius 2 is 1.85 bits per heavy atom. The summed E-state index contributed by atoms with van der Waals surface area (Å²) in [6.45, 7) is 1.30. The molecule has 5 atom stereocenters. The van der Waals surface area contributed by atoms with Gasteiger partial charge in [-0.15, -0.1) is 0 Å². The second kappa shape index (κ2) is 12.3. The maximum atomic E-state index is 12.8. The van der Waals surface area contributed by atoms with E-state index in [9.17, 15) is 33.3 Å². The third-order valence-corrected chi connectivity index (χ3v) is 7.59. The van der Waals surface area contributed by atoms with Gasteiger partial charge in [-0.2, -0.15) is 24.9 Å². The molecule has 0 radical (unpaired) electrons. The Balaban J connectivity index is 1.82. The Kier molecular flexibility index (Phi) is 10.3. The van der Waals surface area contributed by atoms with Gasteiger partial charge in [-0.3, -0.25) is 4.79 Å². The number of rotatable bonds is 13. The predicted molar refractivity (Wildman–Crippen MR) is 119 cm³/mol. The molecule has 188 valence electrons. The first-order chi connectivity index (χ1) is 15.4. The summed E-state index contributed by atoms with van der Waals surface area (Å²) >= 11 is 1.33. The maximum Gasteiger partial charge on any atom is 0.416 e. The van der Waals surface area contributed by atoms with E-state index in [1.165, 1.54) is 30.8 Å². The molecule has 0 saturated heterocycles. The van der Waals surface area contributed by atoms with Crippen LogP contribution in [0.1, 0.15) is 57.4 Å². The highest BCUT2D eigenvalue weighted by Gasteiger charge is 2.42. The van der Waals surface area contributed by atoms with Crippen molar-refractivity contribution < 1.29 is 43.1 Å². The average Bonchev–Trinajstić information content (AvgIpc) is 2.99. The molecule has 0 amide bonds. The van der Waals surface area contributed by atoms with Gasteiger partial charge >= 0.3 is 12.1 Å². The molecule has 0 aliphatic heterocycles. The molecule has 33 heavy (non-hydrogen) atoms. The summed E-state index contributed by atoms with van der Waals surface area (Å²) in [5, 5.41) is 39.8. The molecule has 1 fully saturated rings. The monoisotopic (exact) mass is 494 g/mol. The Morgan fingerprint density at radius 3 is 2.52 bits per heavy atom. The fourth-order valence-electron chi connectivity index (χ4n) is 3.98. The first-order valence-corrected chi connectivity index (χ1v) is 12.2. The molecule has 1 aromatic carbocycles. The van der Waals surface area contributed by atoms with Gasteiger partial charge in [0.25, 0.3) is 0 Å². The molecular formula is C23H33F3O6S. The number of aliphatic carboxylic acids is 1. The highest BCUT2D eigenvalue weighted by Crippen LogP contribution is 2.40. The molecule has 1 aliphatic carbocycles. The van der Waals surface area contributed by atoms with Crippen LogP contribution in [-0.2, 0) is 11.0 Å². The van der Waals surface area contributed by atoms with E-state index >= 15 is 0 Å². The molecule has 10 heteroatoms. The van der Waals surface area contributed by atoms with Crippen LogP contribution >= 0.6 is 11.8 Å². The quantitative estimate of drug-likeness (QED) is 0.306. The molecule has 4 N–H and O–H groups in total. The number of unbranched alkanes of at least 4 members (excludes halogenated alkanes) is 3. The number of ether oxygens (including phenoxy) is 1. The number of thioether (sulfide) groups is 1. The van der Waals surface area contributed by atoms with Crippen molar-refractivity contribution in [2.75, 3.05) is 12.4 Å². The standard InChI is InChI=1S/C23H33F3O6S/c1-22(31,13-32-16-8-6-7-15(11-16)23(24,25)26)14-33-21-17(18(27)12-19(21)28)9-4-2-3-5-10-20(29)30/h6-8,11,17-19,21,27-28,31H,2-5,9-10,12-14H2,1H3,(H,29,30)/t17-,18?,19?,21+,22?/m0/s1. The molecule has 3 unspecified atom stereocenters. The van der Waals surface area contributed by atoms with Crippen molar-refractivity contribution in [3.8, 4) is 5.75 Å². The Bertz CT molecular complexity index is 758. The van der Waals surface area contributed by atoms with Gasteiger partial charge in [0.05, 0.1) is 17.8 Å². The number of carboxylic acids is 1. The molecular weight excluding hydrogens is 461 g/mol. The Morgan fingerprint density at radius 1 is 1.15 bits per heavy atom. The lowest BCUT2D eigenvalue weighted by atomic mass is 9.97. The minimum Gasteiger partial charge on any atom is -0.491 e. The number of aliphatic hydroxyl groups excluding tert-OH is 2. The van der Waals surface area contributed by atoms with E-state index < -0.39 is 35.5 Å².